The molecule has 1 atom stereocenters. The van der Waals surface area contributed by atoms with Crippen LogP contribution < -0.4 is 10.1 Å². The lowest BCUT2D eigenvalue weighted by Crippen LogP contribution is -2.27. The number of carbonyl (C=O) groups excluding carboxylic acids is 1. The van der Waals surface area contributed by atoms with E-state index in [9.17, 15) is 4.79 Å². The molecule has 1 saturated heterocycles. The lowest BCUT2D eigenvalue weighted by atomic mass is 10.2. The van der Waals surface area contributed by atoms with Gasteiger partial charge in [0.15, 0.2) is 0 Å². The van der Waals surface area contributed by atoms with E-state index in [4.69, 9.17) is 9.47 Å². The van der Waals surface area contributed by atoms with Crippen LogP contribution in [0.5, 0.6) is 5.88 Å². The van der Waals surface area contributed by atoms with Crippen molar-refractivity contribution in [2.45, 2.75) is 26.4 Å². The fourth-order valence-electron chi connectivity index (χ4n) is 1.76. The Balaban J connectivity index is 1.88. The zero-order valence-electron chi connectivity index (χ0n) is 11.4. The van der Waals surface area contributed by atoms with Gasteiger partial charge in [-0.05, 0) is 12.0 Å². The first kappa shape index (κ1) is 13.8. The molecule has 1 unspecified atom stereocenters. The van der Waals surface area contributed by atoms with Gasteiger partial charge in [0.1, 0.15) is 6.10 Å². The van der Waals surface area contributed by atoms with E-state index in [1.807, 2.05) is 0 Å². The molecule has 2 rings (SSSR count). The largest absolute Gasteiger partial charge is 0.472 e. The van der Waals surface area contributed by atoms with Crippen LogP contribution in [0.3, 0.4) is 0 Å². The fraction of sp³-hybridized carbons (Fsp3) is 0.571. The van der Waals surface area contributed by atoms with Gasteiger partial charge in [-0.3, -0.25) is 4.79 Å². The lowest BCUT2D eigenvalue weighted by molar-refractivity contribution is 0.0948. The Morgan fingerprint density at radius 3 is 3.00 bits per heavy atom. The maximum Gasteiger partial charge on any atom is 0.252 e. The van der Waals surface area contributed by atoms with Crippen molar-refractivity contribution in [3.63, 3.8) is 0 Å². The molecular formula is C14H20N2O3. The van der Waals surface area contributed by atoms with E-state index in [1.54, 1.807) is 18.3 Å². The van der Waals surface area contributed by atoms with Crippen molar-refractivity contribution in [3.05, 3.63) is 23.9 Å². The number of hydrogen-bond donors (Lipinski definition) is 1. The molecule has 1 amide bonds. The highest BCUT2D eigenvalue weighted by Crippen LogP contribution is 2.14. The van der Waals surface area contributed by atoms with Crippen LogP contribution >= 0.6 is 0 Å². The molecule has 0 bridgehead atoms. The van der Waals surface area contributed by atoms with Gasteiger partial charge in [-0.25, -0.2) is 4.98 Å². The van der Waals surface area contributed by atoms with Gasteiger partial charge in [0, 0.05) is 25.2 Å². The zero-order chi connectivity index (χ0) is 13.7. The van der Waals surface area contributed by atoms with Crippen LogP contribution in [0.15, 0.2) is 18.3 Å². The van der Waals surface area contributed by atoms with Crippen LogP contribution in [0.4, 0.5) is 0 Å². The Labute approximate surface area is 113 Å². The molecule has 1 aliphatic rings. The minimum absolute atomic E-state index is 0.0770. The first-order chi connectivity index (χ1) is 9.15. The summed E-state index contributed by atoms with van der Waals surface area (Å²) in [5.41, 5.74) is 0.552. The van der Waals surface area contributed by atoms with Crippen LogP contribution in [0.2, 0.25) is 0 Å². The summed E-state index contributed by atoms with van der Waals surface area (Å²) < 4.78 is 10.9. The van der Waals surface area contributed by atoms with Crippen molar-refractivity contribution >= 4 is 5.91 Å². The first-order valence-electron chi connectivity index (χ1n) is 6.64. The second kappa shape index (κ2) is 6.52. The molecule has 5 nitrogen and oxygen atoms in total. The molecule has 0 radical (unpaired) electrons. The molecule has 5 heteroatoms. The molecule has 19 heavy (non-hydrogen) atoms. The van der Waals surface area contributed by atoms with Crippen molar-refractivity contribution in [1.82, 2.24) is 10.3 Å². The third kappa shape index (κ3) is 4.21. The number of amides is 1. The van der Waals surface area contributed by atoms with Gasteiger partial charge >= 0.3 is 0 Å². The highest BCUT2D eigenvalue weighted by atomic mass is 16.5. The molecule has 1 aliphatic heterocycles. The Kier molecular flexibility index (Phi) is 4.74. The maximum atomic E-state index is 11.8. The maximum absolute atomic E-state index is 11.8. The summed E-state index contributed by atoms with van der Waals surface area (Å²) in [6, 6.07) is 3.45. The number of aromatic nitrogens is 1. The number of hydrogen-bond acceptors (Lipinski definition) is 4. The second-order valence-corrected chi connectivity index (χ2v) is 5.09. The highest BCUT2D eigenvalue weighted by molar-refractivity contribution is 5.93. The van der Waals surface area contributed by atoms with Gasteiger partial charge in [-0.15, -0.1) is 0 Å². The number of carbonyl (C=O) groups is 1. The van der Waals surface area contributed by atoms with E-state index in [1.165, 1.54) is 0 Å². The second-order valence-electron chi connectivity index (χ2n) is 5.09. The summed E-state index contributed by atoms with van der Waals surface area (Å²) in [4.78, 5) is 15.9. The van der Waals surface area contributed by atoms with Crippen molar-refractivity contribution in [2.24, 2.45) is 5.92 Å². The van der Waals surface area contributed by atoms with Gasteiger partial charge in [0.05, 0.1) is 18.8 Å². The molecular weight excluding hydrogens is 244 g/mol. The summed E-state index contributed by atoms with van der Waals surface area (Å²) in [6.45, 7) is 6.12. The Bertz CT molecular complexity index is 411. The van der Waals surface area contributed by atoms with Gasteiger partial charge in [0.2, 0.25) is 5.88 Å². The Hall–Kier alpha value is -1.62. The molecule has 0 saturated carbocycles. The molecule has 0 aromatic carbocycles. The first-order valence-corrected chi connectivity index (χ1v) is 6.64. The molecule has 1 aromatic rings. The topological polar surface area (TPSA) is 60.5 Å². The van der Waals surface area contributed by atoms with Crippen molar-refractivity contribution in [3.8, 4) is 5.88 Å². The minimum Gasteiger partial charge on any atom is -0.472 e. The van der Waals surface area contributed by atoms with Crippen LogP contribution in [0, 0.1) is 5.92 Å². The van der Waals surface area contributed by atoms with E-state index in [0.29, 0.717) is 30.5 Å². The molecule has 1 N–H and O–H groups in total. The Morgan fingerprint density at radius 2 is 2.42 bits per heavy atom. The average Bonchev–Trinajstić information content (AvgIpc) is 2.89. The van der Waals surface area contributed by atoms with E-state index in [0.717, 1.165) is 13.0 Å². The number of nitrogens with zero attached hydrogens (tertiary/aromatic N) is 1. The summed E-state index contributed by atoms with van der Waals surface area (Å²) in [5.74, 6) is 0.870. The predicted molar refractivity (Wildman–Crippen MR) is 71.3 cm³/mol. The number of nitrogens with one attached hydrogen (secondary N) is 1. The third-order valence-corrected chi connectivity index (χ3v) is 2.84. The van der Waals surface area contributed by atoms with Crippen molar-refractivity contribution in [1.29, 1.82) is 0 Å². The van der Waals surface area contributed by atoms with E-state index in [-0.39, 0.29) is 12.0 Å². The smallest absolute Gasteiger partial charge is 0.252 e. The van der Waals surface area contributed by atoms with Gasteiger partial charge in [-0.2, -0.15) is 0 Å². The number of pyridine rings is 1. The summed E-state index contributed by atoms with van der Waals surface area (Å²) >= 11 is 0. The van der Waals surface area contributed by atoms with Crippen molar-refractivity contribution < 1.29 is 14.3 Å². The van der Waals surface area contributed by atoms with Crippen LogP contribution in [0.1, 0.15) is 30.6 Å². The van der Waals surface area contributed by atoms with E-state index in [2.05, 4.69) is 24.1 Å². The molecule has 0 spiro atoms. The molecule has 1 fully saturated rings. The zero-order valence-corrected chi connectivity index (χ0v) is 11.4. The Morgan fingerprint density at radius 1 is 1.58 bits per heavy atom. The normalized spacial score (nSPS) is 18.6. The SMILES string of the molecule is CC(C)CNC(=O)c1ccc(OC2CCOC2)nc1. The van der Waals surface area contributed by atoms with Gasteiger partial charge < -0.3 is 14.8 Å². The molecule has 1 aromatic heterocycles. The fourth-order valence-corrected chi connectivity index (χ4v) is 1.76. The predicted octanol–water partition coefficient (Wildman–Crippen LogP) is 1.64. The van der Waals surface area contributed by atoms with E-state index < -0.39 is 0 Å². The molecule has 2 heterocycles. The highest BCUT2D eigenvalue weighted by Gasteiger charge is 2.17. The standard InChI is InChI=1S/C14H20N2O3/c1-10(2)7-16-14(17)11-3-4-13(15-8-11)19-12-5-6-18-9-12/h3-4,8,10,12H,5-7,9H2,1-2H3,(H,16,17). The van der Waals surface area contributed by atoms with Crippen molar-refractivity contribution in [2.75, 3.05) is 19.8 Å². The minimum atomic E-state index is -0.100. The molecule has 0 aliphatic carbocycles. The van der Waals surface area contributed by atoms with Crippen LogP contribution in [-0.2, 0) is 4.74 Å². The van der Waals surface area contributed by atoms with Crippen LogP contribution in [-0.4, -0.2) is 36.8 Å². The average molecular weight is 264 g/mol. The summed E-state index contributed by atoms with van der Waals surface area (Å²) in [5, 5.41) is 2.85. The number of ether oxygens (including phenoxy) is 2. The lowest BCUT2D eigenvalue weighted by Gasteiger charge is -2.11. The van der Waals surface area contributed by atoms with Gasteiger partial charge in [-0.1, -0.05) is 13.8 Å². The van der Waals surface area contributed by atoms with E-state index >= 15 is 0 Å². The van der Waals surface area contributed by atoms with Crippen LogP contribution in [0.25, 0.3) is 0 Å². The molecule has 104 valence electrons. The monoisotopic (exact) mass is 264 g/mol. The number of rotatable bonds is 5. The summed E-state index contributed by atoms with van der Waals surface area (Å²) in [6.07, 6.45) is 2.51. The third-order valence-electron chi connectivity index (χ3n) is 2.84. The van der Waals surface area contributed by atoms with Gasteiger partial charge in [0.25, 0.3) is 5.91 Å². The summed E-state index contributed by atoms with van der Waals surface area (Å²) in [7, 11) is 0. The quantitative estimate of drug-likeness (QED) is 0.878.